The highest BCUT2D eigenvalue weighted by Gasteiger charge is 2.15. The molecule has 0 unspecified atom stereocenters. The summed E-state index contributed by atoms with van der Waals surface area (Å²) < 4.78 is 3.90. The average molecular weight is 285 g/mol. The maximum atomic E-state index is 9.58. The van der Waals surface area contributed by atoms with Crippen LogP contribution >= 0.6 is 0 Å². The van der Waals surface area contributed by atoms with E-state index in [0.717, 1.165) is 28.0 Å². The highest BCUT2D eigenvalue weighted by atomic mass is 16.3. The molecule has 6 heteroatoms. The van der Waals surface area contributed by atoms with Crippen molar-refractivity contribution >= 4 is 16.7 Å². The molecule has 110 valence electrons. The Bertz CT molecular complexity index is 815. The van der Waals surface area contributed by atoms with Crippen LogP contribution in [0.25, 0.3) is 11.0 Å². The molecule has 3 aromatic rings. The number of nitrogens with zero attached hydrogens (tertiary/aromatic N) is 4. The molecule has 3 N–H and O–H groups in total. The first-order valence-electron chi connectivity index (χ1n) is 6.86. The van der Waals surface area contributed by atoms with E-state index < -0.39 is 0 Å². The summed E-state index contributed by atoms with van der Waals surface area (Å²) in [6.45, 7) is 4.58. The molecule has 0 bridgehead atoms. The lowest BCUT2D eigenvalue weighted by Gasteiger charge is -2.08. The molecule has 0 amide bonds. The van der Waals surface area contributed by atoms with Gasteiger partial charge in [-0.2, -0.15) is 5.10 Å². The molecule has 0 saturated carbocycles. The highest BCUT2D eigenvalue weighted by molar-refractivity contribution is 5.79. The zero-order valence-corrected chi connectivity index (χ0v) is 12.5. The molecule has 0 fully saturated rings. The van der Waals surface area contributed by atoms with Crippen molar-refractivity contribution in [3.63, 3.8) is 0 Å². The number of benzene rings is 1. The Labute approximate surface area is 122 Å². The predicted molar refractivity (Wildman–Crippen MR) is 81.9 cm³/mol. The van der Waals surface area contributed by atoms with E-state index in [1.165, 1.54) is 0 Å². The normalized spacial score (nSPS) is 11.4. The minimum atomic E-state index is -0.104. The first-order valence-corrected chi connectivity index (χ1v) is 6.86. The largest absolute Gasteiger partial charge is 0.399 e. The minimum absolute atomic E-state index is 0.104. The van der Waals surface area contributed by atoms with Gasteiger partial charge in [-0.25, -0.2) is 4.98 Å². The Morgan fingerprint density at radius 1 is 1.29 bits per heavy atom. The summed E-state index contributed by atoms with van der Waals surface area (Å²) >= 11 is 0. The molecule has 0 atom stereocenters. The number of hydrogen-bond donors (Lipinski definition) is 2. The topological polar surface area (TPSA) is 81.9 Å². The molecule has 21 heavy (non-hydrogen) atoms. The van der Waals surface area contributed by atoms with E-state index in [0.29, 0.717) is 18.1 Å². The van der Waals surface area contributed by atoms with E-state index in [1.54, 1.807) is 0 Å². The van der Waals surface area contributed by atoms with Crippen molar-refractivity contribution in [2.24, 2.45) is 7.05 Å². The molecule has 0 radical (unpaired) electrons. The van der Waals surface area contributed by atoms with Crippen LogP contribution in [-0.4, -0.2) is 24.4 Å². The van der Waals surface area contributed by atoms with Crippen molar-refractivity contribution in [2.45, 2.75) is 27.0 Å². The number of anilines is 1. The van der Waals surface area contributed by atoms with Crippen LogP contribution in [0.5, 0.6) is 0 Å². The first kappa shape index (κ1) is 13.6. The number of rotatable bonds is 3. The number of nitrogen functional groups attached to an aromatic ring is 1. The monoisotopic (exact) mass is 285 g/mol. The SMILES string of the molecule is Cc1nn(C)c(C)c1Cn1c(CO)nc2cc(N)ccc21. The van der Waals surface area contributed by atoms with Gasteiger partial charge in [-0.05, 0) is 32.0 Å². The zero-order valence-electron chi connectivity index (χ0n) is 12.5. The van der Waals surface area contributed by atoms with E-state index in [2.05, 4.69) is 10.1 Å². The second-order valence-electron chi connectivity index (χ2n) is 5.29. The van der Waals surface area contributed by atoms with Gasteiger partial charge < -0.3 is 15.4 Å². The smallest absolute Gasteiger partial charge is 0.136 e. The molecule has 0 aliphatic heterocycles. The lowest BCUT2D eigenvalue weighted by Crippen LogP contribution is -2.07. The Hall–Kier alpha value is -2.34. The van der Waals surface area contributed by atoms with Crippen LogP contribution in [0, 0.1) is 13.8 Å². The fourth-order valence-corrected chi connectivity index (χ4v) is 2.70. The number of aryl methyl sites for hydroxylation is 2. The van der Waals surface area contributed by atoms with Crippen LogP contribution < -0.4 is 5.73 Å². The lowest BCUT2D eigenvalue weighted by molar-refractivity contribution is 0.267. The molecular formula is C15H19N5O. The molecule has 0 saturated heterocycles. The van der Waals surface area contributed by atoms with E-state index in [1.807, 2.05) is 48.3 Å². The molecule has 0 aliphatic carbocycles. The Balaban J connectivity index is 2.15. The third-order valence-corrected chi connectivity index (χ3v) is 3.97. The fourth-order valence-electron chi connectivity index (χ4n) is 2.70. The van der Waals surface area contributed by atoms with Gasteiger partial charge in [-0.3, -0.25) is 4.68 Å². The Kier molecular flexibility index (Phi) is 3.17. The second-order valence-corrected chi connectivity index (χ2v) is 5.29. The van der Waals surface area contributed by atoms with Gasteiger partial charge in [0, 0.05) is 24.0 Å². The van der Waals surface area contributed by atoms with Gasteiger partial charge in [-0.1, -0.05) is 0 Å². The third kappa shape index (κ3) is 2.17. The van der Waals surface area contributed by atoms with Crippen LogP contribution in [0.4, 0.5) is 5.69 Å². The van der Waals surface area contributed by atoms with E-state index in [4.69, 9.17) is 5.73 Å². The van der Waals surface area contributed by atoms with Gasteiger partial charge in [0.15, 0.2) is 0 Å². The summed E-state index contributed by atoms with van der Waals surface area (Å²) in [6, 6.07) is 5.62. The highest BCUT2D eigenvalue weighted by Crippen LogP contribution is 2.22. The van der Waals surface area contributed by atoms with Crippen LogP contribution in [-0.2, 0) is 20.2 Å². The number of aliphatic hydroxyl groups is 1. The molecule has 2 heterocycles. The summed E-state index contributed by atoms with van der Waals surface area (Å²) in [7, 11) is 1.94. The van der Waals surface area contributed by atoms with Crippen LogP contribution in [0.15, 0.2) is 18.2 Å². The molecular weight excluding hydrogens is 266 g/mol. The lowest BCUT2D eigenvalue weighted by atomic mass is 10.2. The van der Waals surface area contributed by atoms with Crippen molar-refractivity contribution in [1.29, 1.82) is 0 Å². The van der Waals surface area contributed by atoms with Gasteiger partial charge in [0.05, 0.1) is 23.3 Å². The van der Waals surface area contributed by atoms with Gasteiger partial charge in [-0.15, -0.1) is 0 Å². The van der Waals surface area contributed by atoms with Crippen molar-refractivity contribution < 1.29 is 5.11 Å². The molecule has 6 nitrogen and oxygen atoms in total. The first-order chi connectivity index (χ1) is 10.0. The van der Waals surface area contributed by atoms with Gasteiger partial charge in [0.1, 0.15) is 12.4 Å². The average Bonchev–Trinajstić information content (AvgIpc) is 2.91. The maximum Gasteiger partial charge on any atom is 0.136 e. The number of fused-ring (bicyclic) bond motifs is 1. The number of nitrogens with two attached hydrogens (primary N) is 1. The Morgan fingerprint density at radius 3 is 2.67 bits per heavy atom. The van der Waals surface area contributed by atoms with Crippen molar-refractivity contribution in [3.8, 4) is 0 Å². The summed E-state index contributed by atoms with van der Waals surface area (Å²) in [4.78, 5) is 4.46. The standard InChI is InChI=1S/C15H19N5O/c1-9-12(10(2)19(3)18-9)7-20-14-5-4-11(16)6-13(14)17-15(20)8-21/h4-6,21H,7-8,16H2,1-3H3. The minimum Gasteiger partial charge on any atom is -0.399 e. The van der Waals surface area contributed by atoms with Gasteiger partial charge in [0.2, 0.25) is 0 Å². The van der Waals surface area contributed by atoms with Gasteiger partial charge >= 0.3 is 0 Å². The second kappa shape index (κ2) is 4.89. The number of hydrogen-bond acceptors (Lipinski definition) is 4. The molecule has 3 rings (SSSR count). The number of aliphatic hydroxyl groups excluding tert-OH is 1. The van der Waals surface area contributed by atoms with Crippen LogP contribution in [0.3, 0.4) is 0 Å². The van der Waals surface area contributed by atoms with E-state index in [-0.39, 0.29) is 6.61 Å². The number of imidazole rings is 1. The van der Waals surface area contributed by atoms with Crippen molar-refractivity contribution in [2.75, 3.05) is 5.73 Å². The molecule has 0 aliphatic rings. The molecule has 1 aromatic carbocycles. The predicted octanol–water partition coefficient (Wildman–Crippen LogP) is 1.51. The number of aromatic nitrogens is 4. The fraction of sp³-hybridized carbons (Fsp3) is 0.333. The summed E-state index contributed by atoms with van der Waals surface area (Å²) in [5.41, 5.74) is 11.5. The van der Waals surface area contributed by atoms with Crippen LogP contribution in [0.1, 0.15) is 22.8 Å². The summed E-state index contributed by atoms with van der Waals surface area (Å²) in [6.07, 6.45) is 0. The van der Waals surface area contributed by atoms with Crippen molar-refractivity contribution in [1.82, 2.24) is 19.3 Å². The molecule has 0 spiro atoms. The van der Waals surface area contributed by atoms with E-state index >= 15 is 0 Å². The van der Waals surface area contributed by atoms with Crippen molar-refractivity contribution in [3.05, 3.63) is 41.0 Å². The maximum absolute atomic E-state index is 9.58. The molecule has 2 aromatic heterocycles. The van der Waals surface area contributed by atoms with Gasteiger partial charge in [0.25, 0.3) is 0 Å². The van der Waals surface area contributed by atoms with E-state index in [9.17, 15) is 5.11 Å². The van der Waals surface area contributed by atoms with Crippen LogP contribution in [0.2, 0.25) is 0 Å². The summed E-state index contributed by atoms with van der Waals surface area (Å²) in [5.74, 6) is 0.637. The quantitative estimate of drug-likeness (QED) is 0.715. The zero-order chi connectivity index (χ0) is 15.1. The third-order valence-electron chi connectivity index (χ3n) is 3.97. The Morgan fingerprint density at radius 2 is 2.05 bits per heavy atom. The summed E-state index contributed by atoms with van der Waals surface area (Å²) in [5, 5.41) is 14.0.